The van der Waals surface area contributed by atoms with Crippen LogP contribution in [0.3, 0.4) is 0 Å². The Balaban J connectivity index is 1.66. The van der Waals surface area contributed by atoms with Gasteiger partial charge in [0.15, 0.2) is 17.7 Å². The van der Waals surface area contributed by atoms with Crippen LogP contribution in [-0.4, -0.2) is 19.1 Å². The summed E-state index contributed by atoms with van der Waals surface area (Å²) in [4.78, 5) is 12.4. The van der Waals surface area contributed by atoms with E-state index in [9.17, 15) is 9.18 Å². The van der Waals surface area contributed by atoms with Crippen molar-refractivity contribution in [3.05, 3.63) is 58.4 Å². The molecule has 2 atom stereocenters. The number of methoxy groups -OCH3 is 1. The van der Waals surface area contributed by atoms with Gasteiger partial charge in [-0.2, -0.15) is 0 Å². The molecule has 0 fully saturated rings. The minimum absolute atomic E-state index is 0.170. The minimum Gasteiger partial charge on any atom is -0.494 e. The molecule has 0 radical (unpaired) electrons. The van der Waals surface area contributed by atoms with Crippen molar-refractivity contribution < 1.29 is 18.7 Å². The van der Waals surface area contributed by atoms with Gasteiger partial charge in [-0.15, -0.1) is 0 Å². The van der Waals surface area contributed by atoms with Crippen molar-refractivity contribution in [2.45, 2.75) is 25.5 Å². The molecule has 0 bridgehead atoms. The van der Waals surface area contributed by atoms with E-state index in [0.29, 0.717) is 22.8 Å². The molecule has 2 aromatic carbocycles. The SMILES string of the molecule is COc1ccc(C(C)NC(=O)C2Cc3cc(Cl)ccc3O2)cc1F. The first-order valence-corrected chi connectivity index (χ1v) is 7.94. The van der Waals surface area contributed by atoms with Crippen LogP contribution in [0.4, 0.5) is 4.39 Å². The van der Waals surface area contributed by atoms with Crippen LogP contribution >= 0.6 is 11.6 Å². The fraction of sp³-hybridized carbons (Fsp3) is 0.278. The summed E-state index contributed by atoms with van der Waals surface area (Å²) in [6.07, 6.45) is -0.144. The molecule has 2 unspecified atom stereocenters. The highest BCUT2D eigenvalue weighted by molar-refractivity contribution is 6.30. The smallest absolute Gasteiger partial charge is 0.261 e. The molecule has 1 aliphatic heterocycles. The predicted octanol–water partition coefficient (Wildman–Crippen LogP) is 3.67. The van der Waals surface area contributed by atoms with E-state index in [1.54, 1.807) is 31.2 Å². The molecule has 0 aliphatic carbocycles. The summed E-state index contributed by atoms with van der Waals surface area (Å²) in [5, 5.41) is 3.46. The average molecular weight is 350 g/mol. The lowest BCUT2D eigenvalue weighted by atomic mass is 10.1. The lowest BCUT2D eigenvalue weighted by molar-refractivity contribution is -0.127. The van der Waals surface area contributed by atoms with E-state index in [-0.39, 0.29) is 17.7 Å². The number of benzene rings is 2. The Morgan fingerprint density at radius 3 is 2.88 bits per heavy atom. The van der Waals surface area contributed by atoms with Crippen LogP contribution in [0.5, 0.6) is 11.5 Å². The maximum atomic E-state index is 13.8. The molecule has 24 heavy (non-hydrogen) atoms. The Bertz CT molecular complexity index is 781. The molecule has 0 saturated carbocycles. The maximum Gasteiger partial charge on any atom is 0.261 e. The van der Waals surface area contributed by atoms with Gasteiger partial charge in [0.25, 0.3) is 5.91 Å². The zero-order valence-corrected chi connectivity index (χ0v) is 14.1. The second kappa shape index (κ2) is 6.69. The largest absolute Gasteiger partial charge is 0.494 e. The van der Waals surface area contributed by atoms with Gasteiger partial charge in [0.1, 0.15) is 5.75 Å². The normalized spacial score (nSPS) is 16.9. The highest BCUT2D eigenvalue weighted by atomic mass is 35.5. The van der Waals surface area contributed by atoms with Crippen molar-refractivity contribution >= 4 is 17.5 Å². The fourth-order valence-electron chi connectivity index (χ4n) is 2.71. The molecule has 0 saturated heterocycles. The van der Waals surface area contributed by atoms with E-state index in [1.807, 2.05) is 0 Å². The van der Waals surface area contributed by atoms with Crippen molar-refractivity contribution in [1.29, 1.82) is 0 Å². The minimum atomic E-state index is -0.607. The molecule has 2 aromatic rings. The molecule has 1 aliphatic rings. The van der Waals surface area contributed by atoms with Crippen LogP contribution < -0.4 is 14.8 Å². The van der Waals surface area contributed by atoms with Gasteiger partial charge in [0, 0.05) is 11.4 Å². The Morgan fingerprint density at radius 1 is 1.38 bits per heavy atom. The van der Waals surface area contributed by atoms with Crippen molar-refractivity contribution in [2.75, 3.05) is 7.11 Å². The van der Waals surface area contributed by atoms with Crippen LogP contribution in [-0.2, 0) is 11.2 Å². The monoisotopic (exact) mass is 349 g/mol. The number of carbonyl (C=O) groups is 1. The summed E-state index contributed by atoms with van der Waals surface area (Å²) < 4.78 is 24.3. The first-order chi connectivity index (χ1) is 11.5. The second-order valence-electron chi connectivity index (χ2n) is 5.69. The van der Waals surface area contributed by atoms with E-state index >= 15 is 0 Å². The summed E-state index contributed by atoms with van der Waals surface area (Å²) in [6, 6.07) is 9.54. The van der Waals surface area contributed by atoms with Gasteiger partial charge in [-0.3, -0.25) is 4.79 Å². The summed E-state index contributed by atoms with van der Waals surface area (Å²) >= 11 is 5.95. The van der Waals surface area contributed by atoms with Gasteiger partial charge in [-0.05, 0) is 48.4 Å². The third-order valence-corrected chi connectivity index (χ3v) is 4.26. The fourth-order valence-corrected chi connectivity index (χ4v) is 2.90. The van der Waals surface area contributed by atoms with E-state index in [2.05, 4.69) is 5.32 Å². The molecule has 1 heterocycles. The maximum absolute atomic E-state index is 13.8. The Hall–Kier alpha value is -2.27. The van der Waals surface area contributed by atoms with Gasteiger partial charge in [-0.1, -0.05) is 17.7 Å². The number of nitrogens with one attached hydrogen (secondary N) is 1. The highest BCUT2D eigenvalue weighted by Crippen LogP contribution is 2.31. The van der Waals surface area contributed by atoms with Crippen molar-refractivity contribution in [2.24, 2.45) is 0 Å². The standard InChI is InChI=1S/C18H17ClFNO3/c1-10(11-3-5-16(23-2)14(20)8-11)21-18(22)17-9-12-7-13(19)4-6-15(12)24-17/h3-8,10,17H,9H2,1-2H3,(H,21,22). The number of rotatable bonds is 4. The van der Waals surface area contributed by atoms with Gasteiger partial charge in [0.2, 0.25) is 0 Å². The molecule has 6 heteroatoms. The average Bonchev–Trinajstić information content (AvgIpc) is 2.97. The van der Waals surface area contributed by atoms with Gasteiger partial charge < -0.3 is 14.8 Å². The molecule has 0 aromatic heterocycles. The highest BCUT2D eigenvalue weighted by Gasteiger charge is 2.30. The first-order valence-electron chi connectivity index (χ1n) is 7.57. The van der Waals surface area contributed by atoms with Crippen LogP contribution in [0, 0.1) is 5.82 Å². The molecule has 1 amide bonds. The van der Waals surface area contributed by atoms with Crippen LogP contribution in [0.2, 0.25) is 5.02 Å². The van der Waals surface area contributed by atoms with Gasteiger partial charge >= 0.3 is 0 Å². The Morgan fingerprint density at radius 2 is 2.17 bits per heavy atom. The molecular weight excluding hydrogens is 333 g/mol. The summed E-state index contributed by atoms with van der Waals surface area (Å²) in [5.74, 6) is 0.132. The van der Waals surface area contributed by atoms with E-state index < -0.39 is 11.9 Å². The number of fused-ring (bicyclic) bond motifs is 1. The van der Waals surface area contributed by atoms with Gasteiger partial charge in [-0.25, -0.2) is 4.39 Å². The van der Waals surface area contributed by atoms with Crippen LogP contribution in [0.1, 0.15) is 24.1 Å². The summed E-state index contributed by atoms with van der Waals surface area (Å²) in [7, 11) is 1.41. The molecule has 4 nitrogen and oxygen atoms in total. The number of ether oxygens (including phenoxy) is 2. The summed E-state index contributed by atoms with van der Waals surface area (Å²) in [6.45, 7) is 1.79. The number of carbonyl (C=O) groups excluding carboxylic acids is 1. The number of hydrogen-bond acceptors (Lipinski definition) is 3. The summed E-state index contributed by atoms with van der Waals surface area (Å²) in [5.41, 5.74) is 1.56. The first kappa shape index (κ1) is 16.6. The second-order valence-corrected chi connectivity index (χ2v) is 6.12. The predicted molar refractivity (Wildman–Crippen MR) is 89.1 cm³/mol. The molecule has 0 spiro atoms. The van der Waals surface area contributed by atoms with E-state index in [1.165, 1.54) is 19.2 Å². The Labute approximate surface area is 144 Å². The molecule has 126 valence electrons. The molecule has 3 rings (SSSR count). The molecule has 1 N–H and O–H groups in total. The van der Waals surface area contributed by atoms with Crippen molar-refractivity contribution in [1.82, 2.24) is 5.32 Å². The zero-order chi connectivity index (χ0) is 17.3. The molecular formula is C18H17ClFNO3. The van der Waals surface area contributed by atoms with Gasteiger partial charge in [0.05, 0.1) is 13.2 Å². The topological polar surface area (TPSA) is 47.6 Å². The van der Waals surface area contributed by atoms with Crippen LogP contribution in [0.15, 0.2) is 36.4 Å². The van der Waals surface area contributed by atoms with Crippen LogP contribution in [0.25, 0.3) is 0 Å². The number of halogens is 2. The van der Waals surface area contributed by atoms with E-state index in [4.69, 9.17) is 21.1 Å². The van der Waals surface area contributed by atoms with Crippen molar-refractivity contribution in [3.63, 3.8) is 0 Å². The number of hydrogen-bond donors (Lipinski definition) is 1. The number of amides is 1. The Kier molecular flexibility index (Phi) is 4.62. The lowest BCUT2D eigenvalue weighted by Gasteiger charge is -2.18. The zero-order valence-electron chi connectivity index (χ0n) is 13.3. The lowest BCUT2D eigenvalue weighted by Crippen LogP contribution is -2.38. The quantitative estimate of drug-likeness (QED) is 0.916. The third-order valence-electron chi connectivity index (χ3n) is 4.02. The third kappa shape index (κ3) is 3.31. The van der Waals surface area contributed by atoms with E-state index in [0.717, 1.165) is 5.56 Å². The van der Waals surface area contributed by atoms with Crippen molar-refractivity contribution in [3.8, 4) is 11.5 Å².